The van der Waals surface area contributed by atoms with Crippen LogP contribution in [0, 0.1) is 0 Å². The van der Waals surface area contributed by atoms with Crippen LogP contribution in [0.1, 0.15) is 23.2 Å². The molecule has 0 amide bonds. The molecule has 1 fully saturated rings. The number of nitrogens with two attached hydrogens (primary N) is 1. The molecule has 0 saturated carbocycles. The lowest BCUT2D eigenvalue weighted by Gasteiger charge is -2.25. The van der Waals surface area contributed by atoms with Crippen LogP contribution in [0.2, 0.25) is 5.02 Å². The van der Waals surface area contributed by atoms with E-state index in [1.54, 1.807) is 6.07 Å². The minimum atomic E-state index is -1.04. The van der Waals surface area contributed by atoms with Crippen molar-refractivity contribution in [3.8, 4) is 0 Å². The number of ether oxygens (including phenoxy) is 1. The Labute approximate surface area is 110 Å². The minimum absolute atomic E-state index is 0.103. The van der Waals surface area contributed by atoms with Crippen LogP contribution in [0.5, 0.6) is 0 Å². The van der Waals surface area contributed by atoms with Gasteiger partial charge in [-0.15, -0.1) is 0 Å². The normalized spacial score (nSPS) is 16.5. The Hall–Kier alpha value is -1.46. The van der Waals surface area contributed by atoms with E-state index in [9.17, 15) is 4.79 Å². The van der Waals surface area contributed by atoms with Crippen LogP contribution in [-0.2, 0) is 4.74 Å². The van der Waals surface area contributed by atoms with Gasteiger partial charge in [-0.25, -0.2) is 4.79 Å². The van der Waals surface area contributed by atoms with Crippen LogP contribution in [0.3, 0.4) is 0 Å². The van der Waals surface area contributed by atoms with E-state index in [1.165, 1.54) is 6.07 Å². The van der Waals surface area contributed by atoms with Crippen molar-refractivity contribution < 1.29 is 14.6 Å². The van der Waals surface area contributed by atoms with Gasteiger partial charge in [-0.1, -0.05) is 11.6 Å². The molecule has 5 nitrogen and oxygen atoms in total. The number of anilines is 2. The van der Waals surface area contributed by atoms with Gasteiger partial charge in [0.05, 0.1) is 16.3 Å². The molecule has 0 aliphatic carbocycles. The third kappa shape index (κ3) is 2.86. The van der Waals surface area contributed by atoms with Gasteiger partial charge in [0.15, 0.2) is 0 Å². The molecular weight excluding hydrogens is 256 g/mol. The minimum Gasteiger partial charge on any atom is -0.478 e. The van der Waals surface area contributed by atoms with E-state index in [1.807, 2.05) is 0 Å². The van der Waals surface area contributed by atoms with Crippen LogP contribution in [-0.4, -0.2) is 30.3 Å². The molecule has 18 heavy (non-hydrogen) atoms. The van der Waals surface area contributed by atoms with Gasteiger partial charge < -0.3 is 20.9 Å². The van der Waals surface area contributed by atoms with Gasteiger partial charge in [0.2, 0.25) is 0 Å². The molecule has 1 aliphatic heterocycles. The fourth-order valence-corrected chi connectivity index (χ4v) is 2.27. The predicted molar refractivity (Wildman–Crippen MR) is 70.3 cm³/mol. The Kier molecular flexibility index (Phi) is 3.93. The van der Waals surface area contributed by atoms with Gasteiger partial charge in [-0.05, 0) is 25.0 Å². The van der Waals surface area contributed by atoms with Crippen LogP contribution < -0.4 is 11.1 Å². The lowest BCUT2D eigenvalue weighted by Crippen LogP contribution is -2.28. The molecule has 0 radical (unpaired) electrons. The molecule has 1 heterocycles. The molecule has 98 valence electrons. The van der Waals surface area contributed by atoms with Crippen molar-refractivity contribution in [3.63, 3.8) is 0 Å². The number of nitrogen functional groups attached to an aromatic ring is 1. The summed E-state index contributed by atoms with van der Waals surface area (Å²) in [5.74, 6) is -1.04. The van der Waals surface area contributed by atoms with Crippen molar-refractivity contribution in [1.82, 2.24) is 0 Å². The highest BCUT2D eigenvalue weighted by atomic mass is 35.5. The number of carboxylic acids is 1. The summed E-state index contributed by atoms with van der Waals surface area (Å²) in [4.78, 5) is 11.2. The number of benzene rings is 1. The summed E-state index contributed by atoms with van der Waals surface area (Å²) in [6.45, 7) is 1.35. The standard InChI is InChI=1S/C12H15ClN2O3/c13-10-6-7(14)5-9(12(16)17)11(10)15-8-1-3-18-4-2-8/h5-6,8,15H,1-4,14H2,(H,16,17). The summed E-state index contributed by atoms with van der Waals surface area (Å²) in [7, 11) is 0. The second-order valence-electron chi connectivity index (χ2n) is 4.26. The van der Waals surface area contributed by atoms with E-state index >= 15 is 0 Å². The first-order valence-electron chi connectivity index (χ1n) is 5.74. The molecular formula is C12H15ClN2O3. The number of hydrogen-bond donors (Lipinski definition) is 3. The zero-order valence-electron chi connectivity index (χ0n) is 9.78. The summed E-state index contributed by atoms with van der Waals surface area (Å²) in [6.07, 6.45) is 1.67. The van der Waals surface area contributed by atoms with Crippen molar-refractivity contribution in [2.75, 3.05) is 24.3 Å². The van der Waals surface area contributed by atoms with E-state index < -0.39 is 5.97 Å². The van der Waals surface area contributed by atoms with Crippen LogP contribution in [0.25, 0.3) is 0 Å². The molecule has 0 atom stereocenters. The summed E-state index contributed by atoms with van der Waals surface area (Å²) in [5.41, 5.74) is 6.48. The molecule has 6 heteroatoms. The maximum Gasteiger partial charge on any atom is 0.337 e. The lowest BCUT2D eigenvalue weighted by atomic mass is 10.1. The SMILES string of the molecule is Nc1cc(Cl)c(NC2CCOCC2)c(C(=O)O)c1. The first kappa shape index (κ1) is 13.0. The Morgan fingerprint density at radius 1 is 1.44 bits per heavy atom. The van der Waals surface area contributed by atoms with E-state index in [4.69, 9.17) is 27.2 Å². The quantitative estimate of drug-likeness (QED) is 0.734. The molecule has 0 bridgehead atoms. The van der Waals surface area contributed by atoms with Crippen molar-refractivity contribution in [2.45, 2.75) is 18.9 Å². The fourth-order valence-electron chi connectivity index (χ4n) is 1.99. The molecule has 1 aromatic carbocycles. The lowest BCUT2D eigenvalue weighted by molar-refractivity contribution is 0.0697. The molecule has 2 rings (SSSR count). The van der Waals surface area contributed by atoms with Crippen LogP contribution in [0.4, 0.5) is 11.4 Å². The smallest absolute Gasteiger partial charge is 0.337 e. The summed E-state index contributed by atoms with van der Waals surface area (Å²) in [5, 5.41) is 12.7. The Morgan fingerprint density at radius 3 is 2.72 bits per heavy atom. The highest BCUT2D eigenvalue weighted by Gasteiger charge is 2.19. The zero-order chi connectivity index (χ0) is 13.1. The zero-order valence-corrected chi connectivity index (χ0v) is 10.5. The second kappa shape index (κ2) is 5.46. The average Bonchev–Trinajstić information content (AvgIpc) is 2.33. The number of aromatic carboxylic acids is 1. The maximum atomic E-state index is 11.2. The highest BCUT2D eigenvalue weighted by molar-refractivity contribution is 6.34. The molecule has 1 aliphatic rings. The average molecular weight is 271 g/mol. The predicted octanol–water partition coefficient (Wildman–Crippen LogP) is 2.21. The number of rotatable bonds is 3. The van der Waals surface area contributed by atoms with Crippen LogP contribution >= 0.6 is 11.6 Å². The van der Waals surface area contributed by atoms with Crippen molar-refractivity contribution in [2.24, 2.45) is 0 Å². The molecule has 0 spiro atoms. The molecule has 0 unspecified atom stereocenters. The monoisotopic (exact) mass is 270 g/mol. The molecule has 1 saturated heterocycles. The van der Waals surface area contributed by atoms with Gasteiger partial charge in [0.1, 0.15) is 0 Å². The van der Waals surface area contributed by atoms with Gasteiger partial charge in [0.25, 0.3) is 0 Å². The largest absolute Gasteiger partial charge is 0.478 e. The number of carboxylic acid groups (broad SMARTS) is 1. The third-order valence-corrected chi connectivity index (χ3v) is 3.21. The molecule has 0 aromatic heterocycles. The van der Waals surface area contributed by atoms with Crippen molar-refractivity contribution in [3.05, 3.63) is 22.7 Å². The molecule has 4 N–H and O–H groups in total. The van der Waals surface area contributed by atoms with Crippen molar-refractivity contribution in [1.29, 1.82) is 0 Å². The summed E-state index contributed by atoms with van der Waals surface area (Å²) in [6, 6.07) is 3.14. The fraction of sp³-hybridized carbons (Fsp3) is 0.417. The van der Waals surface area contributed by atoms with Gasteiger partial charge in [-0.3, -0.25) is 0 Å². The van der Waals surface area contributed by atoms with E-state index in [0.29, 0.717) is 29.6 Å². The number of carbonyl (C=O) groups is 1. The topological polar surface area (TPSA) is 84.6 Å². The number of halogens is 1. The summed E-state index contributed by atoms with van der Waals surface area (Å²) < 4.78 is 5.26. The van der Waals surface area contributed by atoms with Gasteiger partial charge >= 0.3 is 5.97 Å². The number of nitrogens with one attached hydrogen (secondary N) is 1. The van der Waals surface area contributed by atoms with E-state index in [-0.39, 0.29) is 11.6 Å². The Bertz CT molecular complexity index is 459. The first-order valence-corrected chi connectivity index (χ1v) is 6.12. The molecule has 1 aromatic rings. The summed E-state index contributed by atoms with van der Waals surface area (Å²) >= 11 is 6.06. The highest BCUT2D eigenvalue weighted by Crippen LogP contribution is 2.31. The van der Waals surface area contributed by atoms with E-state index in [0.717, 1.165) is 12.8 Å². The Morgan fingerprint density at radius 2 is 2.11 bits per heavy atom. The Balaban J connectivity index is 2.27. The third-order valence-electron chi connectivity index (χ3n) is 2.91. The van der Waals surface area contributed by atoms with Crippen molar-refractivity contribution >= 4 is 28.9 Å². The van der Waals surface area contributed by atoms with Gasteiger partial charge in [0, 0.05) is 24.9 Å². The van der Waals surface area contributed by atoms with Crippen LogP contribution in [0.15, 0.2) is 12.1 Å². The second-order valence-corrected chi connectivity index (χ2v) is 4.67. The first-order chi connectivity index (χ1) is 8.58. The van der Waals surface area contributed by atoms with Gasteiger partial charge in [-0.2, -0.15) is 0 Å². The van der Waals surface area contributed by atoms with E-state index in [2.05, 4.69) is 5.32 Å². The maximum absolute atomic E-state index is 11.2. The number of hydrogen-bond acceptors (Lipinski definition) is 4.